The van der Waals surface area contributed by atoms with E-state index in [4.69, 9.17) is 16.0 Å². The number of oxazole rings is 1. The van der Waals surface area contributed by atoms with Crippen LogP contribution in [0.1, 0.15) is 10.5 Å². The number of hydrogen-bond donors (Lipinski definition) is 1. The van der Waals surface area contributed by atoms with E-state index < -0.39 is 0 Å². The average molecular weight is 224 g/mol. The molecule has 0 saturated carbocycles. The van der Waals surface area contributed by atoms with Crippen molar-refractivity contribution in [1.29, 1.82) is 0 Å². The fourth-order valence-electron chi connectivity index (χ4n) is 1.24. The second-order valence-corrected chi connectivity index (χ2v) is 3.17. The summed E-state index contributed by atoms with van der Waals surface area (Å²) < 4.78 is 5.06. The highest BCUT2D eigenvalue weighted by atomic mass is 35.5. The van der Waals surface area contributed by atoms with Crippen LogP contribution in [-0.2, 0) is 0 Å². The molecule has 2 aromatic rings. The van der Waals surface area contributed by atoms with Crippen molar-refractivity contribution in [2.75, 3.05) is 0 Å². The second-order valence-electron chi connectivity index (χ2n) is 2.85. The fraction of sp³-hybridized carbons (Fsp3) is 0. The lowest BCUT2D eigenvalue weighted by molar-refractivity contribution is 0.112. The third-order valence-corrected chi connectivity index (χ3v) is 2.01. The monoisotopic (exact) mass is 223 g/mol. The van der Waals surface area contributed by atoms with Gasteiger partial charge < -0.3 is 9.52 Å². The Kier molecular flexibility index (Phi) is 2.43. The maximum atomic E-state index is 10.7. The van der Waals surface area contributed by atoms with Crippen LogP contribution in [0.2, 0.25) is 5.35 Å². The van der Waals surface area contributed by atoms with E-state index in [1.165, 1.54) is 12.1 Å². The van der Waals surface area contributed by atoms with Gasteiger partial charge in [-0.1, -0.05) is 12.1 Å². The molecular formula is C10H6ClNO3. The predicted molar refractivity (Wildman–Crippen MR) is 54.0 cm³/mol. The smallest absolute Gasteiger partial charge is 0.293 e. The summed E-state index contributed by atoms with van der Waals surface area (Å²) in [6, 6.07) is 6.30. The van der Waals surface area contributed by atoms with Gasteiger partial charge in [0.05, 0.1) is 0 Å². The van der Waals surface area contributed by atoms with Gasteiger partial charge in [-0.3, -0.25) is 4.79 Å². The Morgan fingerprint density at radius 2 is 2.27 bits per heavy atom. The Balaban J connectivity index is 2.57. The van der Waals surface area contributed by atoms with Crippen LogP contribution in [0.4, 0.5) is 0 Å². The van der Waals surface area contributed by atoms with Crippen LogP contribution in [0.15, 0.2) is 28.7 Å². The van der Waals surface area contributed by atoms with E-state index in [1.807, 2.05) is 0 Å². The number of aromatic nitrogens is 1. The van der Waals surface area contributed by atoms with Crippen molar-refractivity contribution in [1.82, 2.24) is 4.98 Å². The number of aldehydes is 1. The van der Waals surface area contributed by atoms with Gasteiger partial charge >= 0.3 is 0 Å². The molecule has 15 heavy (non-hydrogen) atoms. The number of carbonyl (C=O) groups is 1. The molecule has 0 spiro atoms. The Morgan fingerprint density at radius 3 is 2.93 bits per heavy atom. The molecule has 5 heteroatoms. The number of aromatic hydroxyl groups is 1. The summed E-state index contributed by atoms with van der Waals surface area (Å²) in [5.41, 5.74) is 0.669. The standard InChI is InChI=1S/C10H6ClNO3/c11-10-12-8(5-13)9(15-10)6-2-1-3-7(14)4-6/h1-5,14H. The molecule has 0 bridgehead atoms. The first-order valence-corrected chi connectivity index (χ1v) is 4.49. The first-order valence-electron chi connectivity index (χ1n) is 4.11. The van der Waals surface area contributed by atoms with Crippen LogP contribution in [0, 0.1) is 0 Å². The van der Waals surface area contributed by atoms with Crippen LogP contribution >= 0.6 is 11.6 Å². The summed E-state index contributed by atoms with van der Waals surface area (Å²) in [4.78, 5) is 14.3. The van der Waals surface area contributed by atoms with Crippen molar-refractivity contribution in [3.63, 3.8) is 0 Å². The van der Waals surface area contributed by atoms with Crippen molar-refractivity contribution in [2.45, 2.75) is 0 Å². The van der Waals surface area contributed by atoms with E-state index in [0.29, 0.717) is 11.8 Å². The van der Waals surface area contributed by atoms with Gasteiger partial charge in [-0.05, 0) is 23.7 Å². The van der Waals surface area contributed by atoms with Gasteiger partial charge in [0.1, 0.15) is 5.75 Å². The lowest BCUT2D eigenvalue weighted by Crippen LogP contribution is -1.83. The highest BCUT2D eigenvalue weighted by molar-refractivity contribution is 6.28. The van der Waals surface area contributed by atoms with E-state index in [0.717, 1.165) is 0 Å². The maximum absolute atomic E-state index is 10.7. The Hall–Kier alpha value is -1.81. The van der Waals surface area contributed by atoms with E-state index in [-0.39, 0.29) is 22.6 Å². The second kappa shape index (κ2) is 3.74. The van der Waals surface area contributed by atoms with Crippen LogP contribution in [0.5, 0.6) is 5.75 Å². The van der Waals surface area contributed by atoms with Crippen LogP contribution < -0.4 is 0 Å². The van der Waals surface area contributed by atoms with Gasteiger partial charge in [-0.25, -0.2) is 0 Å². The normalized spacial score (nSPS) is 10.2. The summed E-state index contributed by atoms with van der Waals surface area (Å²) in [5, 5.41) is 9.16. The minimum absolute atomic E-state index is 0.0804. The van der Waals surface area contributed by atoms with Crippen LogP contribution in [-0.4, -0.2) is 16.4 Å². The number of rotatable bonds is 2. The highest BCUT2D eigenvalue weighted by Gasteiger charge is 2.13. The largest absolute Gasteiger partial charge is 0.508 e. The van der Waals surface area contributed by atoms with Crippen LogP contribution in [0.3, 0.4) is 0 Å². The third kappa shape index (κ3) is 1.85. The Bertz CT molecular complexity index is 507. The number of hydrogen-bond acceptors (Lipinski definition) is 4. The lowest BCUT2D eigenvalue weighted by atomic mass is 10.1. The minimum Gasteiger partial charge on any atom is -0.508 e. The van der Waals surface area contributed by atoms with Gasteiger partial charge in [-0.2, -0.15) is 4.98 Å². The van der Waals surface area contributed by atoms with Crippen molar-refractivity contribution in [3.05, 3.63) is 35.3 Å². The number of halogens is 1. The SMILES string of the molecule is O=Cc1nc(Cl)oc1-c1cccc(O)c1. The molecule has 1 heterocycles. The predicted octanol–water partition coefficient (Wildman–Crippen LogP) is 2.51. The molecule has 0 amide bonds. The highest BCUT2D eigenvalue weighted by Crippen LogP contribution is 2.28. The molecule has 0 aliphatic heterocycles. The molecule has 1 aromatic carbocycles. The molecule has 4 nitrogen and oxygen atoms in total. The number of carbonyl (C=O) groups excluding carboxylic acids is 1. The molecule has 1 N–H and O–H groups in total. The first-order chi connectivity index (χ1) is 7.20. The topological polar surface area (TPSA) is 63.3 Å². The van der Waals surface area contributed by atoms with Crippen LogP contribution in [0.25, 0.3) is 11.3 Å². The molecule has 1 aromatic heterocycles. The molecule has 0 aliphatic carbocycles. The zero-order valence-corrected chi connectivity index (χ0v) is 8.23. The van der Waals surface area contributed by atoms with Gasteiger partial charge in [0, 0.05) is 5.56 Å². The summed E-state index contributed by atoms with van der Waals surface area (Å²) in [6.07, 6.45) is 0.550. The van der Waals surface area contributed by atoms with E-state index >= 15 is 0 Å². The van der Waals surface area contributed by atoms with Crippen molar-refractivity contribution >= 4 is 17.9 Å². The van der Waals surface area contributed by atoms with E-state index in [2.05, 4.69) is 4.98 Å². The number of phenols is 1. The van der Waals surface area contributed by atoms with Crippen molar-refractivity contribution < 1.29 is 14.3 Å². The molecule has 0 aliphatic rings. The van der Waals surface area contributed by atoms with E-state index in [1.54, 1.807) is 12.1 Å². The quantitative estimate of drug-likeness (QED) is 0.795. The van der Waals surface area contributed by atoms with Crippen molar-refractivity contribution in [3.8, 4) is 17.1 Å². The number of benzene rings is 1. The maximum Gasteiger partial charge on any atom is 0.293 e. The molecule has 0 saturated heterocycles. The molecular weight excluding hydrogens is 218 g/mol. The summed E-state index contributed by atoms with van der Waals surface area (Å²) in [7, 11) is 0. The molecule has 0 unspecified atom stereocenters. The Morgan fingerprint density at radius 1 is 1.47 bits per heavy atom. The number of nitrogens with zero attached hydrogens (tertiary/aromatic N) is 1. The zero-order chi connectivity index (χ0) is 10.8. The molecule has 2 rings (SSSR count). The van der Waals surface area contributed by atoms with Gasteiger partial charge in [0.2, 0.25) is 0 Å². The van der Waals surface area contributed by atoms with Gasteiger partial charge in [0.25, 0.3) is 5.35 Å². The minimum atomic E-state index is -0.101. The third-order valence-electron chi connectivity index (χ3n) is 1.85. The summed E-state index contributed by atoms with van der Waals surface area (Å²) >= 11 is 5.53. The fourth-order valence-corrected chi connectivity index (χ4v) is 1.41. The molecule has 0 atom stereocenters. The first kappa shape index (κ1) is 9.73. The van der Waals surface area contributed by atoms with Crippen molar-refractivity contribution in [2.24, 2.45) is 0 Å². The van der Waals surface area contributed by atoms with E-state index in [9.17, 15) is 9.90 Å². The van der Waals surface area contributed by atoms with Gasteiger partial charge in [-0.15, -0.1) is 0 Å². The van der Waals surface area contributed by atoms with Gasteiger partial charge in [0.15, 0.2) is 17.7 Å². The zero-order valence-electron chi connectivity index (χ0n) is 7.48. The average Bonchev–Trinajstić information content (AvgIpc) is 2.59. The molecule has 76 valence electrons. The molecule has 0 fully saturated rings. The summed E-state index contributed by atoms with van der Waals surface area (Å²) in [6.45, 7) is 0. The number of phenolic OH excluding ortho intramolecular Hbond substituents is 1. The lowest BCUT2D eigenvalue weighted by Gasteiger charge is -1.97. The molecule has 0 radical (unpaired) electrons. The summed E-state index contributed by atoms with van der Waals surface area (Å²) in [5.74, 6) is 0.336. The Labute approximate surface area is 90.1 Å².